The van der Waals surface area contributed by atoms with Gasteiger partial charge in [0.25, 0.3) is 0 Å². The second kappa shape index (κ2) is 11.2. The molecule has 6 aromatic carbocycles. The van der Waals surface area contributed by atoms with Gasteiger partial charge in [-0.15, -0.1) is 0 Å². The summed E-state index contributed by atoms with van der Waals surface area (Å²) in [6, 6.07) is 49.7. The van der Waals surface area contributed by atoms with E-state index in [-0.39, 0.29) is 10.8 Å². The Hall–Kier alpha value is -4.62. The number of benzene rings is 6. The molecule has 0 saturated heterocycles. The van der Waals surface area contributed by atoms with Gasteiger partial charge < -0.3 is 4.90 Å². The third-order valence-electron chi connectivity index (χ3n) is 14.5. The molecule has 3 fully saturated rings. The second-order valence-corrected chi connectivity index (χ2v) is 16.6. The molecule has 0 heterocycles. The Labute approximate surface area is 303 Å². The van der Waals surface area contributed by atoms with Gasteiger partial charge in [-0.2, -0.15) is 0 Å². The van der Waals surface area contributed by atoms with E-state index in [1.165, 1.54) is 114 Å². The first-order valence-corrected chi connectivity index (χ1v) is 20.0. The first kappa shape index (κ1) is 30.0. The summed E-state index contributed by atoms with van der Waals surface area (Å²) in [6.45, 7) is 2.43. The highest BCUT2D eigenvalue weighted by Gasteiger charge is 2.58. The first-order valence-electron chi connectivity index (χ1n) is 20.0. The standard InChI is InChI=1S/C50H47N/c1-2-33-29-36-15-11-16-37(30-33)50(36)44-20-8-6-18-42(44)48-45(50)21-12-22-47(48)51(38-24-23-34-13-3-4-14-35(34)31-38)39-25-26-41-40-17-5-7-19-43(40)49(46(41)32-39)27-9-10-28-49/h3-8,12-14,17-26,31-33,36-37H,2,9-11,15-16,27-30H2,1H3. The maximum absolute atomic E-state index is 2.64. The van der Waals surface area contributed by atoms with Crippen LogP contribution in [0.25, 0.3) is 33.0 Å². The smallest absolute Gasteiger partial charge is 0.0543 e. The van der Waals surface area contributed by atoms with Gasteiger partial charge in [-0.25, -0.2) is 0 Å². The summed E-state index contributed by atoms with van der Waals surface area (Å²) >= 11 is 0. The fraction of sp³-hybridized carbons (Fsp3) is 0.320. The van der Waals surface area contributed by atoms with Crippen LogP contribution in [-0.2, 0) is 10.8 Å². The highest BCUT2D eigenvalue weighted by Crippen LogP contribution is 2.67. The van der Waals surface area contributed by atoms with Gasteiger partial charge in [0.05, 0.1) is 5.69 Å². The van der Waals surface area contributed by atoms with Gasteiger partial charge >= 0.3 is 0 Å². The first-order chi connectivity index (χ1) is 25.2. The van der Waals surface area contributed by atoms with Crippen molar-refractivity contribution in [3.8, 4) is 22.3 Å². The molecule has 1 heteroatoms. The lowest BCUT2D eigenvalue weighted by atomic mass is 9.49. The molecule has 2 bridgehead atoms. The Morgan fingerprint density at radius 3 is 2.00 bits per heavy atom. The fourth-order valence-electron chi connectivity index (χ4n) is 12.5. The summed E-state index contributed by atoms with van der Waals surface area (Å²) in [5, 5.41) is 2.58. The van der Waals surface area contributed by atoms with E-state index in [0.717, 1.165) is 5.92 Å². The van der Waals surface area contributed by atoms with E-state index in [9.17, 15) is 0 Å². The molecule has 51 heavy (non-hydrogen) atoms. The lowest BCUT2D eigenvalue weighted by molar-refractivity contribution is 0.0492. The molecule has 5 aliphatic carbocycles. The van der Waals surface area contributed by atoms with E-state index in [0.29, 0.717) is 11.8 Å². The topological polar surface area (TPSA) is 3.24 Å². The van der Waals surface area contributed by atoms with Crippen molar-refractivity contribution in [1.82, 2.24) is 0 Å². The summed E-state index contributed by atoms with van der Waals surface area (Å²) in [4.78, 5) is 2.64. The number of rotatable bonds is 4. The van der Waals surface area contributed by atoms with Crippen LogP contribution in [0.3, 0.4) is 0 Å². The minimum Gasteiger partial charge on any atom is -0.310 e. The zero-order valence-electron chi connectivity index (χ0n) is 29.9. The average molecular weight is 662 g/mol. The van der Waals surface area contributed by atoms with Gasteiger partial charge in [0.15, 0.2) is 0 Å². The van der Waals surface area contributed by atoms with E-state index in [4.69, 9.17) is 0 Å². The van der Waals surface area contributed by atoms with Crippen LogP contribution >= 0.6 is 0 Å². The van der Waals surface area contributed by atoms with Crippen LogP contribution in [0.15, 0.2) is 127 Å². The van der Waals surface area contributed by atoms with Crippen molar-refractivity contribution in [3.05, 3.63) is 150 Å². The van der Waals surface area contributed by atoms with E-state index < -0.39 is 0 Å². The summed E-state index contributed by atoms with van der Waals surface area (Å²) < 4.78 is 0. The molecule has 3 saturated carbocycles. The predicted octanol–water partition coefficient (Wildman–Crippen LogP) is 13.7. The molecule has 0 radical (unpaired) electrons. The van der Waals surface area contributed by atoms with Crippen LogP contribution in [0, 0.1) is 17.8 Å². The quantitative estimate of drug-likeness (QED) is 0.182. The van der Waals surface area contributed by atoms with E-state index >= 15 is 0 Å². The minimum absolute atomic E-state index is 0.119. The fourth-order valence-corrected chi connectivity index (χ4v) is 12.5. The van der Waals surface area contributed by atoms with Crippen molar-refractivity contribution < 1.29 is 0 Å². The summed E-state index contributed by atoms with van der Waals surface area (Å²) in [5.74, 6) is 2.28. The Morgan fingerprint density at radius 1 is 0.549 bits per heavy atom. The molecular formula is C50H47N. The number of hydrogen-bond donors (Lipinski definition) is 0. The van der Waals surface area contributed by atoms with Crippen LogP contribution in [0.2, 0.25) is 0 Å². The molecule has 0 aliphatic heterocycles. The van der Waals surface area contributed by atoms with Crippen LogP contribution in [0.5, 0.6) is 0 Å². The molecule has 6 aromatic rings. The van der Waals surface area contributed by atoms with Gasteiger partial charge in [-0.1, -0.05) is 130 Å². The number of anilines is 3. The third-order valence-corrected chi connectivity index (χ3v) is 14.5. The number of fused-ring (bicyclic) bond motifs is 9. The van der Waals surface area contributed by atoms with E-state index in [1.54, 1.807) is 22.3 Å². The molecule has 0 N–H and O–H groups in total. The number of hydrogen-bond acceptors (Lipinski definition) is 1. The molecule has 0 amide bonds. The highest BCUT2D eigenvalue weighted by molar-refractivity contribution is 5.98. The van der Waals surface area contributed by atoms with Crippen molar-refractivity contribution in [1.29, 1.82) is 0 Å². The summed E-state index contributed by atoms with van der Waals surface area (Å²) in [6.07, 6.45) is 13.2. The maximum Gasteiger partial charge on any atom is 0.0543 e. The summed E-state index contributed by atoms with van der Waals surface area (Å²) in [5.41, 5.74) is 16.3. The van der Waals surface area contributed by atoms with Crippen LogP contribution in [-0.4, -0.2) is 0 Å². The molecule has 252 valence electrons. The maximum atomic E-state index is 2.64. The molecular weight excluding hydrogens is 615 g/mol. The highest BCUT2D eigenvalue weighted by atomic mass is 15.1. The SMILES string of the molecule is CCC1CC2CCCC(C1)C21c2ccccc2-c2c(N(c3ccc4c(c3)C3(CCCC3)c3ccccc3-4)c3ccc4ccccc4c3)cccc21. The largest absolute Gasteiger partial charge is 0.310 e. The van der Waals surface area contributed by atoms with Crippen molar-refractivity contribution in [2.75, 3.05) is 4.90 Å². The predicted molar refractivity (Wildman–Crippen MR) is 213 cm³/mol. The Balaban J connectivity index is 1.17. The average Bonchev–Trinajstić information content (AvgIpc) is 3.86. The van der Waals surface area contributed by atoms with Crippen molar-refractivity contribution in [3.63, 3.8) is 0 Å². The van der Waals surface area contributed by atoms with Gasteiger partial charge in [0.2, 0.25) is 0 Å². The Kier molecular flexibility index (Phi) is 6.59. The Bertz CT molecular complexity index is 2320. The van der Waals surface area contributed by atoms with Gasteiger partial charge in [-0.05, 0) is 136 Å². The minimum atomic E-state index is 0.119. The molecule has 1 nitrogen and oxygen atoms in total. The zero-order chi connectivity index (χ0) is 33.7. The lowest BCUT2D eigenvalue weighted by Gasteiger charge is -2.55. The van der Waals surface area contributed by atoms with Gasteiger partial charge in [0.1, 0.15) is 0 Å². The van der Waals surface area contributed by atoms with Crippen LogP contribution in [0.4, 0.5) is 17.1 Å². The van der Waals surface area contributed by atoms with Crippen LogP contribution < -0.4 is 4.90 Å². The normalized spacial score (nSPS) is 24.8. The molecule has 2 unspecified atom stereocenters. The van der Waals surface area contributed by atoms with Crippen molar-refractivity contribution in [2.45, 2.75) is 82.0 Å². The molecule has 0 aromatic heterocycles. The van der Waals surface area contributed by atoms with E-state index in [2.05, 4.69) is 139 Å². The van der Waals surface area contributed by atoms with Crippen molar-refractivity contribution >= 4 is 27.8 Å². The second-order valence-electron chi connectivity index (χ2n) is 16.6. The van der Waals surface area contributed by atoms with Gasteiger partial charge in [-0.3, -0.25) is 0 Å². The molecule has 2 atom stereocenters. The molecule has 5 aliphatic rings. The van der Waals surface area contributed by atoms with Crippen LogP contribution in [0.1, 0.15) is 93.4 Å². The lowest BCUT2D eigenvalue weighted by Crippen LogP contribution is -2.49. The van der Waals surface area contributed by atoms with E-state index in [1.807, 2.05) is 0 Å². The molecule has 11 rings (SSSR count). The Morgan fingerprint density at radius 2 is 1.20 bits per heavy atom. The van der Waals surface area contributed by atoms with Crippen molar-refractivity contribution in [2.24, 2.45) is 17.8 Å². The molecule has 2 spiro atoms. The number of nitrogens with zero attached hydrogens (tertiary/aromatic N) is 1. The monoisotopic (exact) mass is 661 g/mol. The third kappa shape index (κ3) is 4.04. The van der Waals surface area contributed by atoms with Gasteiger partial charge in [0, 0.05) is 27.8 Å². The zero-order valence-corrected chi connectivity index (χ0v) is 29.9. The summed E-state index contributed by atoms with van der Waals surface area (Å²) in [7, 11) is 0.